The second-order valence-corrected chi connectivity index (χ2v) is 3.81. The van der Waals surface area contributed by atoms with Crippen molar-refractivity contribution in [3.8, 4) is 0 Å². The molecule has 0 amide bonds. The van der Waals surface area contributed by atoms with Crippen molar-refractivity contribution in [1.29, 1.82) is 0 Å². The van der Waals surface area contributed by atoms with Crippen LogP contribution in [0.3, 0.4) is 0 Å². The van der Waals surface area contributed by atoms with Gasteiger partial charge in [-0.3, -0.25) is 0 Å². The van der Waals surface area contributed by atoms with Crippen LogP contribution in [0.15, 0.2) is 0 Å². The molecule has 3 heteroatoms. The van der Waals surface area contributed by atoms with Gasteiger partial charge in [-0.05, 0) is 20.1 Å². The highest BCUT2D eigenvalue weighted by Gasteiger charge is 2.00. The van der Waals surface area contributed by atoms with Crippen molar-refractivity contribution < 1.29 is 0 Å². The minimum atomic E-state index is 1.07. The highest BCUT2D eigenvalue weighted by atomic mass is 79.9. The summed E-state index contributed by atoms with van der Waals surface area (Å²) in [7, 11) is 2.17. The number of alkyl halides is 1. The van der Waals surface area contributed by atoms with Crippen molar-refractivity contribution in [3.63, 3.8) is 0 Å². The molecule has 0 aliphatic rings. The molecule has 0 aromatic carbocycles. The van der Waals surface area contributed by atoms with E-state index in [4.69, 9.17) is 0 Å². The van der Waals surface area contributed by atoms with E-state index in [9.17, 15) is 0 Å². The molecule has 0 atom stereocenters. The summed E-state index contributed by atoms with van der Waals surface area (Å²) in [6.45, 7) is 10.3. The summed E-state index contributed by atoms with van der Waals surface area (Å²) in [5.41, 5.74) is 0. The first-order chi connectivity index (χ1) is 5.74. The van der Waals surface area contributed by atoms with E-state index in [2.05, 4.69) is 46.6 Å². The van der Waals surface area contributed by atoms with Crippen molar-refractivity contribution >= 4 is 15.9 Å². The molecule has 0 unspecified atom stereocenters. The Labute approximate surface area is 85.0 Å². The van der Waals surface area contributed by atoms with Crippen LogP contribution in [0.1, 0.15) is 13.8 Å². The van der Waals surface area contributed by atoms with Gasteiger partial charge in [-0.15, -0.1) is 0 Å². The molecule has 0 aliphatic heterocycles. The highest BCUT2D eigenvalue weighted by Crippen LogP contribution is 1.90. The Hall–Kier alpha value is 0.400. The lowest BCUT2D eigenvalue weighted by Gasteiger charge is -2.22. The van der Waals surface area contributed by atoms with Crippen LogP contribution in [0.2, 0.25) is 0 Å². The van der Waals surface area contributed by atoms with Crippen molar-refractivity contribution in [2.24, 2.45) is 0 Å². The summed E-state index contributed by atoms with van der Waals surface area (Å²) < 4.78 is 0. The van der Waals surface area contributed by atoms with Gasteiger partial charge in [-0.2, -0.15) is 0 Å². The minimum Gasteiger partial charge on any atom is -0.304 e. The van der Waals surface area contributed by atoms with E-state index in [0.717, 1.165) is 11.9 Å². The van der Waals surface area contributed by atoms with Gasteiger partial charge >= 0.3 is 0 Å². The van der Waals surface area contributed by atoms with E-state index in [-0.39, 0.29) is 0 Å². The van der Waals surface area contributed by atoms with Gasteiger partial charge in [0.2, 0.25) is 0 Å². The van der Waals surface area contributed by atoms with Crippen molar-refractivity contribution in [3.05, 3.63) is 0 Å². The van der Waals surface area contributed by atoms with Crippen LogP contribution < -0.4 is 0 Å². The molecule has 0 saturated carbocycles. The lowest BCUT2D eigenvalue weighted by atomic mass is 10.4. The molecule has 0 aromatic heterocycles. The second-order valence-electron chi connectivity index (χ2n) is 3.02. The third-order valence-corrected chi connectivity index (χ3v) is 2.51. The van der Waals surface area contributed by atoms with Crippen LogP contribution in [-0.4, -0.2) is 54.9 Å². The summed E-state index contributed by atoms with van der Waals surface area (Å²) in [4.78, 5) is 4.80. The number of hydrogen-bond donors (Lipinski definition) is 0. The molecule has 0 radical (unpaired) electrons. The number of halogens is 1. The standard InChI is InChI=1S/C9H21BrN2/c1-4-12(5-2)9-8-11(3)7-6-10/h4-9H2,1-3H3. The number of rotatable bonds is 7. The SMILES string of the molecule is CCN(CC)CCN(C)CCBr. The zero-order valence-electron chi connectivity index (χ0n) is 8.52. The molecular weight excluding hydrogens is 216 g/mol. The fourth-order valence-corrected chi connectivity index (χ4v) is 1.71. The van der Waals surface area contributed by atoms with Crippen LogP contribution >= 0.6 is 15.9 Å². The molecule has 2 nitrogen and oxygen atoms in total. The van der Waals surface area contributed by atoms with Crippen molar-refractivity contribution in [2.75, 3.05) is 45.1 Å². The summed E-state index contributed by atoms with van der Waals surface area (Å²) in [5, 5.41) is 1.07. The smallest absolute Gasteiger partial charge is 0.0159 e. The normalized spacial score (nSPS) is 11.5. The Morgan fingerprint density at radius 1 is 1.00 bits per heavy atom. The molecule has 0 fully saturated rings. The first-order valence-corrected chi connectivity index (χ1v) is 5.83. The molecule has 0 aliphatic carbocycles. The Kier molecular flexibility index (Phi) is 8.29. The fourth-order valence-electron chi connectivity index (χ4n) is 1.11. The quantitative estimate of drug-likeness (QED) is 0.621. The van der Waals surface area contributed by atoms with Gasteiger partial charge in [-0.1, -0.05) is 29.8 Å². The molecule has 0 heterocycles. The predicted molar refractivity (Wildman–Crippen MR) is 59.1 cm³/mol. The zero-order chi connectivity index (χ0) is 9.40. The predicted octanol–water partition coefficient (Wildman–Crippen LogP) is 1.65. The average Bonchev–Trinajstić information content (AvgIpc) is 2.07. The lowest BCUT2D eigenvalue weighted by molar-refractivity contribution is 0.247. The van der Waals surface area contributed by atoms with E-state index < -0.39 is 0 Å². The zero-order valence-corrected chi connectivity index (χ0v) is 10.1. The highest BCUT2D eigenvalue weighted by molar-refractivity contribution is 9.09. The maximum atomic E-state index is 3.44. The van der Waals surface area contributed by atoms with Gasteiger partial charge in [0.1, 0.15) is 0 Å². The summed E-state index contributed by atoms with van der Waals surface area (Å²) >= 11 is 3.44. The fraction of sp³-hybridized carbons (Fsp3) is 1.00. The molecule has 12 heavy (non-hydrogen) atoms. The van der Waals surface area contributed by atoms with Crippen LogP contribution in [0.4, 0.5) is 0 Å². The molecular formula is C9H21BrN2. The third kappa shape index (κ3) is 5.98. The summed E-state index contributed by atoms with van der Waals surface area (Å²) in [5.74, 6) is 0. The monoisotopic (exact) mass is 236 g/mol. The van der Waals surface area contributed by atoms with E-state index in [1.165, 1.54) is 26.2 Å². The molecule has 0 rings (SSSR count). The first kappa shape index (κ1) is 12.4. The Bertz CT molecular complexity index is 94.5. The van der Waals surface area contributed by atoms with Crippen LogP contribution in [0.5, 0.6) is 0 Å². The lowest BCUT2D eigenvalue weighted by Crippen LogP contribution is -2.33. The average molecular weight is 237 g/mol. The van der Waals surface area contributed by atoms with Gasteiger partial charge < -0.3 is 9.80 Å². The van der Waals surface area contributed by atoms with Crippen LogP contribution in [0, 0.1) is 0 Å². The van der Waals surface area contributed by atoms with Gasteiger partial charge in [0.15, 0.2) is 0 Å². The Morgan fingerprint density at radius 2 is 1.58 bits per heavy atom. The topological polar surface area (TPSA) is 6.48 Å². The number of hydrogen-bond acceptors (Lipinski definition) is 2. The van der Waals surface area contributed by atoms with Crippen LogP contribution in [0.25, 0.3) is 0 Å². The summed E-state index contributed by atoms with van der Waals surface area (Å²) in [6, 6.07) is 0. The molecule has 0 spiro atoms. The molecule has 0 saturated heterocycles. The van der Waals surface area contributed by atoms with Crippen LogP contribution in [-0.2, 0) is 0 Å². The van der Waals surface area contributed by atoms with Gasteiger partial charge in [-0.25, -0.2) is 0 Å². The van der Waals surface area contributed by atoms with E-state index in [1.54, 1.807) is 0 Å². The third-order valence-electron chi connectivity index (χ3n) is 2.16. The summed E-state index contributed by atoms with van der Waals surface area (Å²) in [6.07, 6.45) is 0. The molecule has 0 N–H and O–H groups in total. The second kappa shape index (κ2) is 8.02. The van der Waals surface area contributed by atoms with Gasteiger partial charge in [0.05, 0.1) is 0 Å². The Balaban J connectivity index is 3.37. The van der Waals surface area contributed by atoms with Gasteiger partial charge in [0, 0.05) is 25.0 Å². The first-order valence-electron chi connectivity index (χ1n) is 4.71. The minimum absolute atomic E-state index is 1.07. The Morgan fingerprint density at radius 3 is 2.00 bits per heavy atom. The largest absolute Gasteiger partial charge is 0.304 e. The van der Waals surface area contributed by atoms with E-state index >= 15 is 0 Å². The van der Waals surface area contributed by atoms with E-state index in [1.807, 2.05) is 0 Å². The maximum absolute atomic E-state index is 3.44. The number of likely N-dealkylation sites (N-methyl/N-ethyl adjacent to an activating group) is 2. The van der Waals surface area contributed by atoms with Gasteiger partial charge in [0.25, 0.3) is 0 Å². The van der Waals surface area contributed by atoms with Crippen molar-refractivity contribution in [1.82, 2.24) is 9.80 Å². The molecule has 74 valence electrons. The van der Waals surface area contributed by atoms with Crippen molar-refractivity contribution in [2.45, 2.75) is 13.8 Å². The molecule has 0 aromatic rings. The maximum Gasteiger partial charge on any atom is 0.0159 e. The number of nitrogens with zero attached hydrogens (tertiary/aromatic N) is 2. The molecule has 0 bridgehead atoms. The van der Waals surface area contributed by atoms with E-state index in [0.29, 0.717) is 0 Å².